The lowest BCUT2D eigenvalue weighted by Crippen LogP contribution is -2.26. The lowest BCUT2D eigenvalue weighted by atomic mass is 10.1. The van der Waals surface area contributed by atoms with Gasteiger partial charge in [0.05, 0.1) is 17.4 Å². The molecule has 0 unspecified atom stereocenters. The summed E-state index contributed by atoms with van der Waals surface area (Å²) in [5, 5.41) is 12.4. The van der Waals surface area contributed by atoms with Crippen molar-refractivity contribution in [3.63, 3.8) is 0 Å². The summed E-state index contributed by atoms with van der Waals surface area (Å²) in [5.74, 6) is 0.273. The van der Waals surface area contributed by atoms with Crippen LogP contribution in [0, 0.1) is 17.2 Å². The number of anilines is 1. The number of hydrogen-bond acceptors (Lipinski definition) is 5. The minimum atomic E-state index is -0.230. The highest BCUT2D eigenvalue weighted by Gasteiger charge is 2.19. The van der Waals surface area contributed by atoms with Gasteiger partial charge in [-0.15, -0.1) is 0 Å². The summed E-state index contributed by atoms with van der Waals surface area (Å²) in [6.07, 6.45) is 2.76. The van der Waals surface area contributed by atoms with E-state index in [9.17, 15) is 9.59 Å². The summed E-state index contributed by atoms with van der Waals surface area (Å²) < 4.78 is 3.52. The first-order valence-corrected chi connectivity index (χ1v) is 12.4. The highest BCUT2D eigenvalue weighted by molar-refractivity contribution is 7.99. The Morgan fingerprint density at radius 2 is 1.94 bits per heavy atom. The Labute approximate surface area is 208 Å². The molecule has 35 heavy (non-hydrogen) atoms. The van der Waals surface area contributed by atoms with E-state index in [1.807, 2.05) is 48.1 Å². The molecular weight excluding hydrogens is 458 g/mol. The summed E-state index contributed by atoms with van der Waals surface area (Å²) in [5.41, 5.74) is 3.98. The number of amides is 1. The Morgan fingerprint density at radius 1 is 1.17 bits per heavy atom. The summed E-state index contributed by atoms with van der Waals surface area (Å²) in [7, 11) is 1.86. The van der Waals surface area contributed by atoms with E-state index in [-0.39, 0.29) is 17.2 Å². The Morgan fingerprint density at radius 3 is 2.66 bits per heavy atom. The normalized spacial score (nSPS) is 11.1. The van der Waals surface area contributed by atoms with Gasteiger partial charge in [0, 0.05) is 31.0 Å². The lowest BCUT2D eigenvalue weighted by molar-refractivity contribution is -0.113. The van der Waals surface area contributed by atoms with Crippen LogP contribution in [-0.2, 0) is 18.4 Å². The van der Waals surface area contributed by atoms with Gasteiger partial charge >= 0.3 is 0 Å². The molecule has 2 aromatic carbocycles. The fourth-order valence-corrected chi connectivity index (χ4v) is 4.69. The zero-order chi connectivity index (χ0) is 24.9. The number of fused-ring (bicyclic) bond motifs is 1. The number of hydrogen-bond donors (Lipinski definition) is 1. The minimum absolute atomic E-state index is 0.0872. The molecule has 7 nitrogen and oxygen atoms in total. The second kappa shape index (κ2) is 10.6. The van der Waals surface area contributed by atoms with E-state index in [4.69, 9.17) is 10.2 Å². The van der Waals surface area contributed by atoms with Gasteiger partial charge < -0.3 is 9.88 Å². The maximum Gasteiger partial charge on any atom is 0.278 e. The molecule has 0 aliphatic rings. The molecule has 0 bridgehead atoms. The number of aromatic nitrogens is 3. The Kier molecular flexibility index (Phi) is 7.37. The quantitative estimate of drug-likeness (QED) is 0.278. The first-order valence-electron chi connectivity index (χ1n) is 11.5. The van der Waals surface area contributed by atoms with E-state index in [0.29, 0.717) is 39.9 Å². The van der Waals surface area contributed by atoms with Crippen molar-refractivity contribution in [1.29, 1.82) is 5.26 Å². The predicted octanol–water partition coefficient (Wildman–Crippen LogP) is 5.05. The Balaban J connectivity index is 1.69. The standard InChI is InChI=1S/C27H27N5O2S/c1-18(2)12-13-32-26(34)25-24(22(16-31(25)3)20-9-5-4-6-10-20)30-27(32)35-17-23(33)29-21-11-7-8-19(14-21)15-28/h4-11,14,16,18H,12-13,17H2,1-3H3,(H,29,33). The third kappa shape index (κ3) is 5.47. The number of nitrogens with one attached hydrogen (secondary N) is 1. The van der Waals surface area contributed by atoms with Crippen molar-refractivity contribution in [2.45, 2.75) is 32.0 Å². The number of carbonyl (C=O) groups excluding carboxylic acids is 1. The fourth-order valence-electron chi connectivity index (χ4n) is 3.87. The number of rotatable bonds is 8. The van der Waals surface area contributed by atoms with Crippen molar-refractivity contribution in [3.8, 4) is 17.2 Å². The average molecular weight is 486 g/mol. The van der Waals surface area contributed by atoms with Gasteiger partial charge in [0.1, 0.15) is 11.0 Å². The summed E-state index contributed by atoms with van der Waals surface area (Å²) in [6.45, 7) is 4.75. The minimum Gasteiger partial charge on any atom is -0.344 e. The van der Waals surface area contributed by atoms with E-state index >= 15 is 0 Å². The van der Waals surface area contributed by atoms with Gasteiger partial charge in [-0.25, -0.2) is 4.98 Å². The second-order valence-electron chi connectivity index (χ2n) is 8.78. The molecule has 0 saturated heterocycles. The van der Waals surface area contributed by atoms with Crippen molar-refractivity contribution in [2.24, 2.45) is 13.0 Å². The first kappa shape index (κ1) is 24.3. The van der Waals surface area contributed by atoms with E-state index in [0.717, 1.165) is 17.5 Å². The number of aryl methyl sites for hydroxylation is 1. The molecular formula is C27H27N5O2S. The Hall–Kier alpha value is -3.83. The van der Waals surface area contributed by atoms with Crippen LogP contribution < -0.4 is 10.9 Å². The molecule has 8 heteroatoms. The first-order chi connectivity index (χ1) is 16.9. The van der Waals surface area contributed by atoms with Crippen LogP contribution in [0.1, 0.15) is 25.8 Å². The average Bonchev–Trinajstić information content (AvgIpc) is 3.19. The Bertz CT molecular complexity index is 1460. The molecule has 2 heterocycles. The third-order valence-corrected chi connectivity index (χ3v) is 6.64. The lowest BCUT2D eigenvalue weighted by Gasteiger charge is -2.14. The molecule has 0 saturated carbocycles. The van der Waals surface area contributed by atoms with Crippen LogP contribution in [-0.4, -0.2) is 25.8 Å². The topological polar surface area (TPSA) is 92.7 Å². The highest BCUT2D eigenvalue weighted by Crippen LogP contribution is 2.29. The zero-order valence-corrected chi connectivity index (χ0v) is 20.8. The predicted molar refractivity (Wildman–Crippen MR) is 140 cm³/mol. The van der Waals surface area contributed by atoms with E-state index in [1.165, 1.54) is 11.8 Å². The van der Waals surface area contributed by atoms with Crippen LogP contribution >= 0.6 is 11.8 Å². The van der Waals surface area contributed by atoms with Crippen LogP contribution in [0.15, 0.2) is 70.7 Å². The van der Waals surface area contributed by atoms with Crippen LogP contribution in [0.4, 0.5) is 5.69 Å². The molecule has 0 fully saturated rings. The molecule has 0 spiro atoms. The van der Waals surface area contributed by atoms with Gasteiger partial charge in [-0.05, 0) is 36.1 Å². The van der Waals surface area contributed by atoms with E-state index in [2.05, 4.69) is 25.2 Å². The van der Waals surface area contributed by atoms with Crippen LogP contribution in [0.3, 0.4) is 0 Å². The van der Waals surface area contributed by atoms with Crippen molar-refractivity contribution < 1.29 is 4.79 Å². The number of carbonyl (C=O) groups is 1. The van der Waals surface area contributed by atoms with Gasteiger partial charge in [-0.2, -0.15) is 5.26 Å². The number of nitrogens with zero attached hydrogens (tertiary/aromatic N) is 4. The SMILES string of the molecule is CC(C)CCn1c(SCC(=O)Nc2cccc(C#N)c2)nc2c(-c3ccccc3)cn(C)c2c1=O. The molecule has 2 aromatic heterocycles. The third-order valence-electron chi connectivity index (χ3n) is 5.66. The monoisotopic (exact) mass is 485 g/mol. The zero-order valence-electron chi connectivity index (χ0n) is 20.0. The van der Waals surface area contributed by atoms with E-state index < -0.39 is 0 Å². The summed E-state index contributed by atoms with van der Waals surface area (Å²) in [4.78, 5) is 31.2. The molecule has 4 rings (SSSR count). The second-order valence-corrected chi connectivity index (χ2v) is 9.72. The molecule has 178 valence electrons. The van der Waals surface area contributed by atoms with Crippen LogP contribution in [0.25, 0.3) is 22.2 Å². The molecule has 1 N–H and O–H groups in total. The van der Waals surface area contributed by atoms with Gasteiger partial charge in [0.25, 0.3) is 5.56 Å². The van der Waals surface area contributed by atoms with Crippen molar-refractivity contribution in [2.75, 3.05) is 11.1 Å². The number of benzene rings is 2. The summed E-state index contributed by atoms with van der Waals surface area (Å²) >= 11 is 1.24. The van der Waals surface area contributed by atoms with Crippen LogP contribution in [0.2, 0.25) is 0 Å². The maximum absolute atomic E-state index is 13.6. The van der Waals surface area contributed by atoms with Gasteiger partial charge in [-0.3, -0.25) is 14.2 Å². The van der Waals surface area contributed by atoms with Gasteiger partial charge in [0.15, 0.2) is 5.16 Å². The molecule has 0 aliphatic heterocycles. The molecule has 0 atom stereocenters. The number of nitriles is 1. The molecule has 0 aliphatic carbocycles. The number of thioether (sulfide) groups is 1. The largest absolute Gasteiger partial charge is 0.344 e. The molecule has 4 aromatic rings. The van der Waals surface area contributed by atoms with Crippen molar-refractivity contribution in [3.05, 3.63) is 76.7 Å². The van der Waals surface area contributed by atoms with Crippen molar-refractivity contribution >= 4 is 34.4 Å². The fraction of sp³-hybridized carbons (Fsp3) is 0.259. The molecule has 1 amide bonds. The van der Waals surface area contributed by atoms with Gasteiger partial charge in [-0.1, -0.05) is 62.0 Å². The van der Waals surface area contributed by atoms with Gasteiger partial charge in [0.2, 0.25) is 5.91 Å². The molecule has 0 radical (unpaired) electrons. The summed E-state index contributed by atoms with van der Waals surface area (Å²) in [6, 6.07) is 18.7. The highest BCUT2D eigenvalue weighted by atomic mass is 32.2. The van der Waals surface area contributed by atoms with Crippen molar-refractivity contribution in [1.82, 2.24) is 14.1 Å². The maximum atomic E-state index is 13.6. The smallest absolute Gasteiger partial charge is 0.278 e. The van der Waals surface area contributed by atoms with Crippen LogP contribution in [0.5, 0.6) is 0 Å². The van der Waals surface area contributed by atoms with E-state index in [1.54, 1.807) is 28.8 Å².